The number of benzene rings is 2. The molecule has 0 aliphatic rings. The van der Waals surface area contributed by atoms with Crippen molar-refractivity contribution in [2.24, 2.45) is 0 Å². The maximum atomic E-state index is 10.7. The van der Waals surface area contributed by atoms with E-state index in [1.165, 1.54) is 31.4 Å². The van der Waals surface area contributed by atoms with Crippen LogP contribution in [0.4, 0.5) is 0 Å². The zero-order chi connectivity index (χ0) is 19.9. The first-order valence-electron chi connectivity index (χ1n) is 6.72. The van der Waals surface area contributed by atoms with E-state index in [4.69, 9.17) is 66.1 Å². The summed E-state index contributed by atoms with van der Waals surface area (Å²) in [5.74, 6) is -1.81. The number of rotatable bonds is 5. The quantitative estimate of drug-likeness (QED) is 0.665. The van der Waals surface area contributed by atoms with E-state index in [0.29, 0.717) is 15.8 Å². The summed E-state index contributed by atoms with van der Waals surface area (Å²) >= 11 is 22.7. The Bertz CT molecular complexity index is 810. The van der Waals surface area contributed by atoms with Crippen molar-refractivity contribution in [2.45, 2.75) is 0 Å². The van der Waals surface area contributed by atoms with Crippen LogP contribution in [0.5, 0.6) is 11.5 Å². The average molecular weight is 442 g/mol. The summed E-state index contributed by atoms with van der Waals surface area (Å²) in [7, 11) is 1.34. The minimum Gasteiger partial charge on any atom is -0.494 e. The Balaban J connectivity index is 0.000000260. The second-order valence-corrected chi connectivity index (χ2v) is 6.16. The van der Waals surface area contributed by atoms with Crippen molar-refractivity contribution < 1.29 is 29.3 Å². The molecule has 2 N–H and O–H groups in total. The van der Waals surface area contributed by atoms with E-state index in [9.17, 15) is 9.59 Å². The summed E-state index contributed by atoms with van der Waals surface area (Å²) < 4.78 is 9.68. The van der Waals surface area contributed by atoms with E-state index in [2.05, 4.69) is 0 Å². The third-order valence-corrected chi connectivity index (χ3v) is 3.86. The lowest BCUT2D eigenvalue weighted by Crippen LogP contribution is -2.09. The van der Waals surface area contributed by atoms with Gasteiger partial charge in [-0.15, -0.1) is 0 Å². The van der Waals surface area contributed by atoms with Crippen molar-refractivity contribution in [3.8, 4) is 11.5 Å². The van der Waals surface area contributed by atoms with Gasteiger partial charge in [-0.05, 0) is 30.3 Å². The van der Waals surface area contributed by atoms with Crippen LogP contribution in [0.3, 0.4) is 0 Å². The van der Waals surface area contributed by atoms with Gasteiger partial charge in [0.1, 0.15) is 11.3 Å². The SMILES string of the molecule is COc1c(Cl)ccc(Cl)c1C(=O)O.O=C(O)COc1ccc(Cl)cc1Cl. The topological polar surface area (TPSA) is 93.1 Å². The van der Waals surface area contributed by atoms with Gasteiger partial charge in [0.15, 0.2) is 12.4 Å². The number of hydrogen-bond acceptors (Lipinski definition) is 4. The van der Waals surface area contributed by atoms with Crippen LogP contribution < -0.4 is 9.47 Å². The highest BCUT2D eigenvalue weighted by Gasteiger charge is 2.18. The Kier molecular flexibility index (Phi) is 8.81. The number of carbonyl (C=O) groups is 2. The number of carboxylic acids is 2. The monoisotopic (exact) mass is 440 g/mol. The first-order valence-corrected chi connectivity index (χ1v) is 8.23. The predicted octanol–water partition coefficient (Wildman–Crippen LogP) is 5.16. The van der Waals surface area contributed by atoms with Crippen LogP contribution in [0, 0.1) is 0 Å². The van der Waals surface area contributed by atoms with E-state index < -0.39 is 18.5 Å². The molecule has 0 heterocycles. The van der Waals surface area contributed by atoms with Crippen molar-refractivity contribution in [3.63, 3.8) is 0 Å². The van der Waals surface area contributed by atoms with Crippen molar-refractivity contribution in [2.75, 3.05) is 13.7 Å². The standard InChI is InChI=1S/2C8H6Cl2O3/c1-13-7-5(10)3-2-4(9)6(7)8(11)12;9-5-1-2-7(6(10)3-5)13-4-8(11)12/h2-3H,1H3,(H,11,12);1-3H,4H2,(H,11,12). The molecular weight excluding hydrogens is 430 g/mol. The highest BCUT2D eigenvalue weighted by molar-refractivity contribution is 6.37. The Morgan fingerprint density at radius 1 is 0.962 bits per heavy atom. The highest BCUT2D eigenvalue weighted by atomic mass is 35.5. The zero-order valence-electron chi connectivity index (χ0n) is 13.1. The van der Waals surface area contributed by atoms with Gasteiger partial charge in [-0.25, -0.2) is 9.59 Å². The summed E-state index contributed by atoms with van der Waals surface area (Å²) in [4.78, 5) is 20.9. The van der Waals surface area contributed by atoms with Crippen molar-refractivity contribution in [1.82, 2.24) is 0 Å². The molecule has 0 saturated carbocycles. The molecule has 0 aromatic heterocycles. The Morgan fingerprint density at radius 2 is 1.58 bits per heavy atom. The first kappa shape index (κ1) is 22.2. The third kappa shape index (κ3) is 6.46. The van der Waals surface area contributed by atoms with Crippen LogP contribution >= 0.6 is 46.4 Å². The molecule has 0 aliphatic heterocycles. The minimum atomic E-state index is -1.16. The molecule has 26 heavy (non-hydrogen) atoms. The molecule has 0 unspecified atom stereocenters. The van der Waals surface area contributed by atoms with Crippen LogP contribution in [0.1, 0.15) is 10.4 Å². The van der Waals surface area contributed by atoms with Gasteiger partial charge < -0.3 is 19.7 Å². The van der Waals surface area contributed by atoms with E-state index in [-0.39, 0.29) is 21.4 Å². The molecule has 10 heteroatoms. The summed E-state index contributed by atoms with van der Waals surface area (Å²) in [6.45, 7) is -0.415. The van der Waals surface area contributed by atoms with Gasteiger partial charge in [-0.2, -0.15) is 0 Å². The second kappa shape index (κ2) is 10.3. The highest BCUT2D eigenvalue weighted by Crippen LogP contribution is 2.33. The summed E-state index contributed by atoms with van der Waals surface area (Å²) in [6.07, 6.45) is 0. The van der Waals surface area contributed by atoms with E-state index >= 15 is 0 Å². The molecule has 0 saturated heterocycles. The van der Waals surface area contributed by atoms with Crippen LogP contribution in [-0.4, -0.2) is 35.9 Å². The van der Waals surface area contributed by atoms with E-state index in [1.54, 1.807) is 6.07 Å². The second-order valence-electron chi connectivity index (χ2n) is 4.50. The summed E-state index contributed by atoms with van der Waals surface area (Å²) in [5.41, 5.74) is -0.114. The van der Waals surface area contributed by atoms with Gasteiger partial charge in [-0.3, -0.25) is 0 Å². The summed E-state index contributed by atoms with van der Waals surface area (Å²) in [6, 6.07) is 7.48. The predicted molar refractivity (Wildman–Crippen MR) is 99.6 cm³/mol. The number of methoxy groups -OCH3 is 1. The van der Waals surface area contributed by atoms with Crippen LogP contribution in [-0.2, 0) is 4.79 Å². The fraction of sp³-hybridized carbons (Fsp3) is 0.125. The van der Waals surface area contributed by atoms with E-state index in [0.717, 1.165) is 0 Å². The molecule has 2 aromatic rings. The number of ether oxygens (including phenoxy) is 2. The Morgan fingerprint density at radius 3 is 2.04 bits per heavy atom. The molecule has 2 aromatic carbocycles. The molecule has 0 atom stereocenters. The largest absolute Gasteiger partial charge is 0.494 e. The lowest BCUT2D eigenvalue weighted by molar-refractivity contribution is -0.139. The normalized spacial score (nSPS) is 9.73. The smallest absolute Gasteiger partial charge is 0.341 e. The number of halogens is 4. The van der Waals surface area contributed by atoms with Crippen molar-refractivity contribution in [1.29, 1.82) is 0 Å². The number of aliphatic carboxylic acids is 1. The lowest BCUT2D eigenvalue weighted by Gasteiger charge is -2.07. The number of aromatic carboxylic acids is 1. The molecular formula is C16H12Cl4O6. The average Bonchev–Trinajstić information content (AvgIpc) is 2.56. The molecule has 6 nitrogen and oxygen atoms in total. The fourth-order valence-electron chi connectivity index (χ4n) is 1.66. The van der Waals surface area contributed by atoms with Crippen LogP contribution in [0.2, 0.25) is 20.1 Å². The molecule has 0 bridgehead atoms. The Labute approximate surface area is 168 Å². The minimum absolute atomic E-state index is 0.0849. The zero-order valence-corrected chi connectivity index (χ0v) is 16.2. The molecule has 2 rings (SSSR count). The summed E-state index contributed by atoms with van der Waals surface area (Å²) in [5, 5.41) is 18.2. The van der Waals surface area contributed by atoms with Crippen molar-refractivity contribution >= 4 is 58.3 Å². The van der Waals surface area contributed by atoms with Gasteiger partial charge in [0.05, 0.1) is 22.2 Å². The maximum absolute atomic E-state index is 10.7. The molecule has 0 radical (unpaired) electrons. The van der Waals surface area contributed by atoms with E-state index in [1.807, 2.05) is 0 Å². The first-order chi connectivity index (χ1) is 12.2. The molecule has 0 aliphatic carbocycles. The molecule has 140 valence electrons. The van der Waals surface area contributed by atoms with Crippen LogP contribution in [0.25, 0.3) is 0 Å². The molecule has 0 amide bonds. The van der Waals surface area contributed by atoms with Gasteiger partial charge >= 0.3 is 11.9 Å². The lowest BCUT2D eigenvalue weighted by atomic mass is 10.2. The van der Waals surface area contributed by atoms with Crippen molar-refractivity contribution in [3.05, 3.63) is 56.0 Å². The maximum Gasteiger partial charge on any atom is 0.341 e. The van der Waals surface area contributed by atoms with Crippen LogP contribution in [0.15, 0.2) is 30.3 Å². The number of hydrogen-bond donors (Lipinski definition) is 2. The van der Waals surface area contributed by atoms with Gasteiger partial charge in [-0.1, -0.05) is 46.4 Å². The fourth-order valence-corrected chi connectivity index (χ4v) is 2.59. The molecule has 0 fully saturated rings. The number of carboxylic acid groups (broad SMARTS) is 2. The molecule has 0 spiro atoms. The van der Waals surface area contributed by atoms with Gasteiger partial charge in [0, 0.05) is 5.02 Å². The van der Waals surface area contributed by atoms with Gasteiger partial charge in [0.2, 0.25) is 0 Å². The van der Waals surface area contributed by atoms with Gasteiger partial charge in [0.25, 0.3) is 0 Å². The third-order valence-electron chi connectivity index (χ3n) is 2.72. The Hall–Kier alpha value is -1.86.